The second-order valence-electron chi connectivity index (χ2n) is 7.20. The Balaban J connectivity index is 2.05. The van der Waals surface area contributed by atoms with Crippen LogP contribution < -0.4 is 5.32 Å². The maximum atomic E-state index is 5.57. The van der Waals surface area contributed by atoms with E-state index >= 15 is 0 Å². The molecule has 2 unspecified atom stereocenters. The summed E-state index contributed by atoms with van der Waals surface area (Å²) in [6.07, 6.45) is 9.62. The van der Waals surface area contributed by atoms with Gasteiger partial charge >= 0.3 is 0 Å². The molecule has 0 radical (unpaired) electrons. The average molecular weight is 296 g/mol. The lowest BCUT2D eigenvalue weighted by Crippen LogP contribution is -2.62. The van der Waals surface area contributed by atoms with Gasteiger partial charge in [0.05, 0.1) is 13.2 Å². The lowest BCUT2D eigenvalue weighted by molar-refractivity contribution is -0.0353. The van der Waals surface area contributed by atoms with Gasteiger partial charge in [-0.15, -0.1) is 0 Å². The minimum Gasteiger partial charge on any atom is -0.379 e. The maximum Gasteiger partial charge on any atom is 0.0594 e. The molecule has 1 saturated heterocycles. The van der Waals surface area contributed by atoms with Crippen molar-refractivity contribution in [3.63, 3.8) is 0 Å². The number of morpholine rings is 1. The SMILES string of the molecule is CCCNC(CC1CCCC1)C(C)(CC)N1CCOCC1. The van der Waals surface area contributed by atoms with Crippen molar-refractivity contribution >= 4 is 0 Å². The molecular weight excluding hydrogens is 260 g/mol. The Morgan fingerprint density at radius 3 is 2.43 bits per heavy atom. The van der Waals surface area contributed by atoms with Gasteiger partial charge in [0.2, 0.25) is 0 Å². The summed E-state index contributed by atoms with van der Waals surface area (Å²) in [7, 11) is 0. The van der Waals surface area contributed by atoms with Crippen molar-refractivity contribution in [3.05, 3.63) is 0 Å². The van der Waals surface area contributed by atoms with E-state index < -0.39 is 0 Å². The van der Waals surface area contributed by atoms with Gasteiger partial charge in [0.15, 0.2) is 0 Å². The van der Waals surface area contributed by atoms with Gasteiger partial charge in [-0.3, -0.25) is 4.90 Å². The topological polar surface area (TPSA) is 24.5 Å². The second-order valence-corrected chi connectivity index (χ2v) is 7.20. The Morgan fingerprint density at radius 2 is 1.86 bits per heavy atom. The highest BCUT2D eigenvalue weighted by molar-refractivity contribution is 4.98. The largest absolute Gasteiger partial charge is 0.379 e. The molecule has 21 heavy (non-hydrogen) atoms. The highest BCUT2D eigenvalue weighted by atomic mass is 16.5. The van der Waals surface area contributed by atoms with E-state index in [0.717, 1.165) is 38.8 Å². The fourth-order valence-electron chi connectivity index (χ4n) is 4.22. The summed E-state index contributed by atoms with van der Waals surface area (Å²) in [5.74, 6) is 0.950. The second kappa shape index (κ2) is 8.50. The summed E-state index contributed by atoms with van der Waals surface area (Å²) >= 11 is 0. The van der Waals surface area contributed by atoms with Gasteiger partial charge in [0.1, 0.15) is 0 Å². The van der Waals surface area contributed by atoms with Crippen LogP contribution in [0.3, 0.4) is 0 Å². The molecule has 2 aliphatic rings. The van der Waals surface area contributed by atoms with Gasteiger partial charge in [-0.1, -0.05) is 39.5 Å². The Kier molecular flexibility index (Phi) is 6.97. The van der Waals surface area contributed by atoms with Crippen molar-refractivity contribution in [1.29, 1.82) is 0 Å². The van der Waals surface area contributed by atoms with Crippen molar-refractivity contribution < 1.29 is 4.74 Å². The number of nitrogens with one attached hydrogen (secondary N) is 1. The number of hydrogen-bond donors (Lipinski definition) is 1. The Hall–Kier alpha value is -0.120. The molecule has 1 heterocycles. The summed E-state index contributed by atoms with van der Waals surface area (Å²) in [5, 5.41) is 3.90. The number of nitrogens with zero attached hydrogens (tertiary/aromatic N) is 1. The minimum atomic E-state index is 0.279. The van der Waals surface area contributed by atoms with Gasteiger partial charge in [0.25, 0.3) is 0 Å². The third-order valence-electron chi connectivity index (χ3n) is 5.88. The van der Waals surface area contributed by atoms with Crippen LogP contribution in [0, 0.1) is 5.92 Å². The quantitative estimate of drug-likeness (QED) is 0.742. The molecule has 124 valence electrons. The zero-order chi connectivity index (χ0) is 15.1. The molecule has 2 rings (SSSR count). The highest BCUT2D eigenvalue weighted by Gasteiger charge is 2.39. The fourth-order valence-corrected chi connectivity index (χ4v) is 4.22. The summed E-state index contributed by atoms with van der Waals surface area (Å²) in [6.45, 7) is 12.3. The van der Waals surface area contributed by atoms with Crippen molar-refractivity contribution in [3.8, 4) is 0 Å². The van der Waals surface area contributed by atoms with Gasteiger partial charge in [-0.25, -0.2) is 0 Å². The fraction of sp³-hybridized carbons (Fsp3) is 1.00. The van der Waals surface area contributed by atoms with Crippen molar-refractivity contribution in [2.45, 2.75) is 77.3 Å². The first-order valence-electron chi connectivity index (χ1n) is 9.27. The lowest BCUT2D eigenvalue weighted by Gasteiger charge is -2.49. The predicted octanol–water partition coefficient (Wildman–Crippen LogP) is 3.44. The predicted molar refractivity (Wildman–Crippen MR) is 89.7 cm³/mol. The van der Waals surface area contributed by atoms with Gasteiger partial charge in [0, 0.05) is 24.7 Å². The van der Waals surface area contributed by atoms with Crippen LogP contribution in [0.2, 0.25) is 0 Å². The van der Waals surface area contributed by atoms with Crippen LogP contribution in [-0.2, 0) is 4.74 Å². The molecule has 2 atom stereocenters. The minimum absolute atomic E-state index is 0.279. The lowest BCUT2D eigenvalue weighted by atomic mass is 9.81. The van der Waals surface area contributed by atoms with Gasteiger partial charge in [-0.2, -0.15) is 0 Å². The van der Waals surface area contributed by atoms with Gasteiger partial charge < -0.3 is 10.1 Å². The molecule has 0 amide bonds. The zero-order valence-electron chi connectivity index (χ0n) is 14.5. The number of hydrogen-bond acceptors (Lipinski definition) is 3. The Morgan fingerprint density at radius 1 is 1.19 bits per heavy atom. The van der Waals surface area contributed by atoms with E-state index in [2.05, 4.69) is 31.0 Å². The summed E-state index contributed by atoms with van der Waals surface area (Å²) in [6, 6.07) is 0.628. The summed E-state index contributed by atoms with van der Waals surface area (Å²) < 4.78 is 5.57. The van der Waals surface area contributed by atoms with E-state index in [1.165, 1.54) is 44.9 Å². The first-order chi connectivity index (χ1) is 10.2. The van der Waals surface area contributed by atoms with Crippen LogP contribution in [0.25, 0.3) is 0 Å². The summed E-state index contributed by atoms with van der Waals surface area (Å²) in [5.41, 5.74) is 0.279. The molecule has 0 spiro atoms. The molecule has 3 heteroatoms. The van der Waals surface area contributed by atoms with Crippen molar-refractivity contribution in [1.82, 2.24) is 10.2 Å². The van der Waals surface area contributed by atoms with Crippen LogP contribution in [-0.4, -0.2) is 49.3 Å². The highest BCUT2D eigenvalue weighted by Crippen LogP contribution is 2.34. The van der Waals surface area contributed by atoms with Crippen molar-refractivity contribution in [2.75, 3.05) is 32.8 Å². The van der Waals surface area contributed by atoms with E-state index in [1.54, 1.807) is 0 Å². The average Bonchev–Trinajstić information content (AvgIpc) is 3.04. The van der Waals surface area contributed by atoms with E-state index in [9.17, 15) is 0 Å². The van der Waals surface area contributed by atoms with E-state index in [4.69, 9.17) is 4.74 Å². The molecule has 0 aromatic rings. The van der Waals surface area contributed by atoms with E-state index in [1.807, 2.05) is 0 Å². The van der Waals surface area contributed by atoms with Crippen LogP contribution in [0.15, 0.2) is 0 Å². The van der Waals surface area contributed by atoms with Crippen LogP contribution >= 0.6 is 0 Å². The Labute approximate surface area is 131 Å². The van der Waals surface area contributed by atoms with Crippen molar-refractivity contribution in [2.24, 2.45) is 5.92 Å². The molecule has 2 fully saturated rings. The summed E-state index contributed by atoms with van der Waals surface area (Å²) in [4.78, 5) is 2.69. The molecule has 0 bridgehead atoms. The number of rotatable bonds is 8. The molecule has 3 nitrogen and oxygen atoms in total. The molecular formula is C18H36N2O. The molecule has 1 aliphatic carbocycles. The molecule has 0 aromatic heterocycles. The van der Waals surface area contributed by atoms with E-state index in [-0.39, 0.29) is 5.54 Å². The molecule has 1 saturated carbocycles. The maximum absolute atomic E-state index is 5.57. The third-order valence-corrected chi connectivity index (χ3v) is 5.88. The van der Waals surface area contributed by atoms with Crippen LogP contribution in [0.5, 0.6) is 0 Å². The standard InChI is InChI=1S/C18H36N2O/c1-4-10-19-17(15-16-8-6-7-9-16)18(3,5-2)20-11-13-21-14-12-20/h16-17,19H,4-15H2,1-3H3. The van der Waals surface area contributed by atoms with Crippen LogP contribution in [0.1, 0.15) is 65.7 Å². The van der Waals surface area contributed by atoms with Crippen LogP contribution in [0.4, 0.5) is 0 Å². The molecule has 1 N–H and O–H groups in total. The van der Waals surface area contributed by atoms with Gasteiger partial charge in [-0.05, 0) is 38.6 Å². The third kappa shape index (κ3) is 4.43. The monoisotopic (exact) mass is 296 g/mol. The Bertz CT molecular complexity index is 285. The number of ether oxygens (including phenoxy) is 1. The molecule has 1 aliphatic heterocycles. The first-order valence-corrected chi connectivity index (χ1v) is 9.27. The van der Waals surface area contributed by atoms with E-state index in [0.29, 0.717) is 6.04 Å². The first kappa shape index (κ1) is 17.2. The smallest absolute Gasteiger partial charge is 0.0594 e. The normalized spacial score (nSPS) is 25.9. The zero-order valence-corrected chi connectivity index (χ0v) is 14.5. The molecule has 0 aromatic carbocycles.